The van der Waals surface area contributed by atoms with E-state index >= 15 is 0 Å². The smallest absolute Gasteiger partial charge is 0.324 e. The first-order chi connectivity index (χ1) is 7.96. The van der Waals surface area contributed by atoms with Crippen LogP contribution in [0.4, 0.5) is 0 Å². The summed E-state index contributed by atoms with van der Waals surface area (Å²) in [6, 6.07) is 0. The van der Waals surface area contributed by atoms with Crippen molar-refractivity contribution in [3.05, 3.63) is 10.4 Å². The van der Waals surface area contributed by atoms with Crippen LogP contribution >= 0.6 is 0 Å². The number of hydrogen-bond acceptors (Lipinski definition) is 3. The molecule has 1 saturated carbocycles. The number of nitrogens with zero attached hydrogens (tertiary/aromatic N) is 3. The highest BCUT2D eigenvalue weighted by molar-refractivity contribution is 5.80. The number of aliphatic carboxylic acids is 1. The molecule has 1 atom stereocenters. The van der Waals surface area contributed by atoms with Gasteiger partial charge in [-0.05, 0) is 36.8 Å². The average Bonchev–Trinajstić information content (AvgIpc) is 2.55. The minimum absolute atomic E-state index is 0.239. The quantitative estimate of drug-likeness (QED) is 0.322. The maximum absolute atomic E-state index is 11.5. The van der Waals surface area contributed by atoms with Gasteiger partial charge in [0.05, 0.1) is 0 Å². The summed E-state index contributed by atoms with van der Waals surface area (Å²) in [4.78, 5) is 14.2. The molecule has 0 bridgehead atoms. The molecule has 96 valence electrons. The van der Waals surface area contributed by atoms with Crippen molar-refractivity contribution in [2.75, 3.05) is 13.1 Å². The third-order valence-corrected chi connectivity index (χ3v) is 3.80. The van der Waals surface area contributed by atoms with Crippen LogP contribution in [0, 0.1) is 5.41 Å². The molecule has 0 aromatic carbocycles. The average molecular weight is 240 g/mol. The van der Waals surface area contributed by atoms with Crippen molar-refractivity contribution in [1.82, 2.24) is 5.32 Å². The van der Waals surface area contributed by atoms with E-state index in [0.29, 0.717) is 25.9 Å². The summed E-state index contributed by atoms with van der Waals surface area (Å²) < 4.78 is 0. The van der Waals surface area contributed by atoms with E-state index in [1.54, 1.807) is 0 Å². The van der Waals surface area contributed by atoms with Crippen molar-refractivity contribution in [2.24, 2.45) is 10.5 Å². The summed E-state index contributed by atoms with van der Waals surface area (Å²) in [5.74, 6) is -0.774. The number of carbonyl (C=O) groups is 1. The van der Waals surface area contributed by atoms with Gasteiger partial charge in [-0.3, -0.25) is 4.79 Å². The van der Waals surface area contributed by atoms with E-state index in [1.165, 1.54) is 0 Å². The third kappa shape index (κ3) is 2.70. The summed E-state index contributed by atoms with van der Waals surface area (Å²) in [6.07, 6.45) is 3.18. The molecule has 1 aliphatic rings. The molecular weight excluding hydrogens is 220 g/mol. The van der Waals surface area contributed by atoms with Crippen LogP contribution < -0.4 is 5.32 Å². The second-order valence-corrected chi connectivity index (χ2v) is 5.18. The van der Waals surface area contributed by atoms with Crippen LogP contribution in [0.2, 0.25) is 0 Å². The molecule has 6 nitrogen and oxygen atoms in total. The van der Waals surface area contributed by atoms with Gasteiger partial charge in [0.25, 0.3) is 0 Å². The van der Waals surface area contributed by atoms with Gasteiger partial charge in [0.15, 0.2) is 0 Å². The first-order valence-electron chi connectivity index (χ1n) is 5.95. The van der Waals surface area contributed by atoms with E-state index in [-0.39, 0.29) is 5.41 Å². The summed E-state index contributed by atoms with van der Waals surface area (Å²) in [7, 11) is 0. The third-order valence-electron chi connectivity index (χ3n) is 3.80. The molecule has 1 unspecified atom stereocenters. The van der Waals surface area contributed by atoms with Gasteiger partial charge in [0.1, 0.15) is 5.54 Å². The molecule has 6 heteroatoms. The summed E-state index contributed by atoms with van der Waals surface area (Å²) >= 11 is 0. The number of nitrogens with one attached hydrogen (secondary N) is 1. The highest BCUT2D eigenvalue weighted by Crippen LogP contribution is 2.46. The van der Waals surface area contributed by atoms with Gasteiger partial charge in [-0.25, -0.2) is 0 Å². The molecule has 0 saturated heterocycles. The van der Waals surface area contributed by atoms with Crippen LogP contribution in [0.15, 0.2) is 5.11 Å². The molecule has 1 aliphatic carbocycles. The Morgan fingerprint density at radius 2 is 2.24 bits per heavy atom. The fourth-order valence-corrected chi connectivity index (χ4v) is 2.64. The Balaban J connectivity index is 2.61. The van der Waals surface area contributed by atoms with Crippen LogP contribution in [0.25, 0.3) is 10.4 Å². The van der Waals surface area contributed by atoms with Crippen LogP contribution in [-0.4, -0.2) is 29.7 Å². The lowest BCUT2D eigenvalue weighted by molar-refractivity contribution is -0.149. The molecule has 0 radical (unpaired) electrons. The monoisotopic (exact) mass is 240 g/mol. The Labute approximate surface area is 101 Å². The first-order valence-corrected chi connectivity index (χ1v) is 5.95. The Bertz CT molecular complexity index is 336. The highest BCUT2D eigenvalue weighted by atomic mass is 16.4. The van der Waals surface area contributed by atoms with E-state index in [0.717, 1.165) is 12.8 Å². The maximum atomic E-state index is 11.5. The molecule has 0 spiro atoms. The lowest BCUT2D eigenvalue weighted by Gasteiger charge is -2.38. The molecular formula is C11H20N4O2. The molecule has 0 aromatic heterocycles. The summed E-state index contributed by atoms with van der Waals surface area (Å²) in [5, 5.41) is 16.1. The van der Waals surface area contributed by atoms with Gasteiger partial charge in [-0.15, -0.1) is 0 Å². The number of hydrogen-bond donors (Lipinski definition) is 2. The SMILES string of the molecule is CC1(C)CCCC1(NCCCN=[N+]=[N-])C(=O)O. The standard InChI is InChI=1S/C11H20N4O2/c1-10(2)5-3-6-11(10,9(16)17)13-7-4-8-14-15-12/h13H,3-8H2,1-2H3,(H,16,17). The fourth-order valence-electron chi connectivity index (χ4n) is 2.64. The molecule has 17 heavy (non-hydrogen) atoms. The molecule has 1 fully saturated rings. The molecule has 0 aliphatic heterocycles. The van der Waals surface area contributed by atoms with Gasteiger partial charge in [-0.1, -0.05) is 25.4 Å². The molecule has 0 amide bonds. The zero-order chi connectivity index (χ0) is 12.9. The number of carboxylic acid groups (broad SMARTS) is 1. The lowest BCUT2D eigenvalue weighted by Crippen LogP contribution is -2.58. The predicted molar refractivity (Wildman–Crippen MR) is 64.6 cm³/mol. The van der Waals surface area contributed by atoms with E-state index in [4.69, 9.17) is 5.53 Å². The lowest BCUT2D eigenvalue weighted by atomic mass is 9.75. The number of azide groups is 1. The van der Waals surface area contributed by atoms with E-state index in [1.807, 2.05) is 13.8 Å². The molecule has 0 aromatic rings. The zero-order valence-electron chi connectivity index (χ0n) is 10.4. The van der Waals surface area contributed by atoms with Crippen molar-refractivity contribution < 1.29 is 9.90 Å². The first kappa shape index (κ1) is 13.8. The van der Waals surface area contributed by atoms with E-state index in [9.17, 15) is 9.90 Å². The highest BCUT2D eigenvalue weighted by Gasteiger charge is 2.54. The van der Waals surface area contributed by atoms with E-state index in [2.05, 4.69) is 15.3 Å². The molecule has 2 N–H and O–H groups in total. The van der Waals surface area contributed by atoms with Gasteiger partial charge in [0, 0.05) is 11.5 Å². The minimum atomic E-state index is -0.830. The van der Waals surface area contributed by atoms with Crippen molar-refractivity contribution in [3.8, 4) is 0 Å². The minimum Gasteiger partial charge on any atom is -0.480 e. The molecule has 1 rings (SSSR count). The fraction of sp³-hybridized carbons (Fsp3) is 0.909. The van der Waals surface area contributed by atoms with E-state index < -0.39 is 11.5 Å². The topological polar surface area (TPSA) is 98.1 Å². The van der Waals surface area contributed by atoms with Crippen molar-refractivity contribution in [3.63, 3.8) is 0 Å². The van der Waals surface area contributed by atoms with Crippen LogP contribution in [0.3, 0.4) is 0 Å². The maximum Gasteiger partial charge on any atom is 0.324 e. The number of rotatable bonds is 6. The molecule has 0 heterocycles. The second kappa shape index (κ2) is 5.38. The van der Waals surface area contributed by atoms with Gasteiger partial charge >= 0.3 is 5.97 Å². The Hall–Kier alpha value is -1.26. The predicted octanol–water partition coefficient (Wildman–Crippen LogP) is 2.31. The van der Waals surface area contributed by atoms with Crippen LogP contribution in [0.5, 0.6) is 0 Å². The Kier molecular flexibility index (Phi) is 4.37. The van der Waals surface area contributed by atoms with Crippen molar-refractivity contribution in [1.29, 1.82) is 0 Å². The van der Waals surface area contributed by atoms with Crippen LogP contribution in [-0.2, 0) is 4.79 Å². The summed E-state index contributed by atoms with van der Waals surface area (Å²) in [5.41, 5.74) is 7.07. The van der Waals surface area contributed by atoms with Gasteiger partial charge in [0.2, 0.25) is 0 Å². The zero-order valence-corrected chi connectivity index (χ0v) is 10.4. The van der Waals surface area contributed by atoms with Gasteiger partial charge in [-0.2, -0.15) is 0 Å². The Morgan fingerprint density at radius 3 is 2.71 bits per heavy atom. The van der Waals surface area contributed by atoms with Crippen LogP contribution in [0.1, 0.15) is 39.5 Å². The van der Waals surface area contributed by atoms with Crippen molar-refractivity contribution >= 4 is 5.97 Å². The largest absolute Gasteiger partial charge is 0.480 e. The Morgan fingerprint density at radius 1 is 1.53 bits per heavy atom. The second-order valence-electron chi connectivity index (χ2n) is 5.18. The number of carboxylic acids is 1. The summed E-state index contributed by atoms with van der Waals surface area (Å²) in [6.45, 7) is 4.96. The van der Waals surface area contributed by atoms with Crippen molar-refractivity contribution in [2.45, 2.75) is 45.1 Å². The van der Waals surface area contributed by atoms with Gasteiger partial charge < -0.3 is 10.4 Å². The normalized spacial score (nSPS) is 26.5.